The largest absolute Gasteiger partial charge is 0.484 e. The zero-order chi connectivity index (χ0) is 16.8. The van der Waals surface area contributed by atoms with E-state index >= 15 is 0 Å². The molecule has 1 N–H and O–H groups in total. The maximum atomic E-state index is 12.2. The van der Waals surface area contributed by atoms with Gasteiger partial charge in [0.15, 0.2) is 6.61 Å². The highest BCUT2D eigenvalue weighted by Crippen LogP contribution is 2.22. The predicted molar refractivity (Wildman–Crippen MR) is 94.0 cm³/mol. The van der Waals surface area contributed by atoms with Gasteiger partial charge in [-0.2, -0.15) is 0 Å². The maximum absolute atomic E-state index is 12.2. The molecule has 0 fully saturated rings. The highest BCUT2D eigenvalue weighted by atomic mass is 35.5. The summed E-state index contributed by atoms with van der Waals surface area (Å²) < 4.78 is 5.48. The standard InChI is InChI=1S/C19H22ClNO2/c1-4-18(17-9-8-13(2)10-14(17)3)21-19(22)12-23-16-7-5-6-15(20)11-16/h5-11,18H,4,12H2,1-3H3,(H,21,22). The SMILES string of the molecule is CCC(NC(=O)COc1cccc(Cl)c1)c1ccc(C)cc1C. The maximum Gasteiger partial charge on any atom is 0.258 e. The van der Waals surface area contributed by atoms with Gasteiger partial charge >= 0.3 is 0 Å². The van der Waals surface area contributed by atoms with Gasteiger partial charge in [0.05, 0.1) is 6.04 Å². The molecule has 2 aromatic carbocycles. The van der Waals surface area contributed by atoms with E-state index in [2.05, 4.69) is 44.3 Å². The Morgan fingerprint density at radius 1 is 1.22 bits per heavy atom. The Morgan fingerprint density at radius 3 is 2.65 bits per heavy atom. The predicted octanol–water partition coefficient (Wildman–Crippen LogP) is 4.60. The highest BCUT2D eigenvalue weighted by molar-refractivity contribution is 6.30. The van der Waals surface area contributed by atoms with Crippen molar-refractivity contribution in [2.75, 3.05) is 6.61 Å². The van der Waals surface area contributed by atoms with Crippen LogP contribution in [0.3, 0.4) is 0 Å². The van der Waals surface area contributed by atoms with Gasteiger partial charge in [-0.3, -0.25) is 4.79 Å². The zero-order valence-electron chi connectivity index (χ0n) is 13.7. The number of halogens is 1. The molecule has 0 heterocycles. The summed E-state index contributed by atoms with van der Waals surface area (Å²) >= 11 is 5.90. The lowest BCUT2D eigenvalue weighted by atomic mass is 9.97. The number of nitrogens with one attached hydrogen (secondary N) is 1. The van der Waals surface area contributed by atoms with Crippen molar-refractivity contribution in [1.29, 1.82) is 0 Å². The third-order valence-corrected chi connectivity index (χ3v) is 3.95. The Hall–Kier alpha value is -2.00. The fourth-order valence-electron chi connectivity index (χ4n) is 2.56. The molecule has 2 aromatic rings. The highest BCUT2D eigenvalue weighted by Gasteiger charge is 2.15. The van der Waals surface area contributed by atoms with Gasteiger partial charge in [-0.05, 0) is 49.6 Å². The van der Waals surface area contributed by atoms with Crippen LogP contribution in [0.25, 0.3) is 0 Å². The molecule has 0 aliphatic carbocycles. The summed E-state index contributed by atoms with van der Waals surface area (Å²) in [4.78, 5) is 12.2. The van der Waals surface area contributed by atoms with Gasteiger partial charge in [0.25, 0.3) is 5.91 Å². The van der Waals surface area contributed by atoms with Crippen LogP contribution in [0.2, 0.25) is 5.02 Å². The molecule has 0 aromatic heterocycles. The Kier molecular flexibility index (Phi) is 6.05. The quantitative estimate of drug-likeness (QED) is 0.839. The number of carbonyl (C=O) groups excluding carboxylic acids is 1. The first kappa shape index (κ1) is 17.4. The van der Waals surface area contributed by atoms with E-state index < -0.39 is 0 Å². The summed E-state index contributed by atoms with van der Waals surface area (Å²) in [6.45, 7) is 6.17. The molecule has 1 atom stereocenters. The minimum atomic E-state index is -0.142. The summed E-state index contributed by atoms with van der Waals surface area (Å²) in [5, 5.41) is 3.62. The van der Waals surface area contributed by atoms with Crippen LogP contribution in [0, 0.1) is 13.8 Å². The molecule has 0 saturated carbocycles. The van der Waals surface area contributed by atoms with Crippen LogP contribution in [0.5, 0.6) is 5.75 Å². The molecule has 4 heteroatoms. The lowest BCUT2D eigenvalue weighted by Crippen LogP contribution is -2.32. The van der Waals surface area contributed by atoms with Crippen LogP contribution in [-0.4, -0.2) is 12.5 Å². The Balaban J connectivity index is 1.97. The number of rotatable bonds is 6. The van der Waals surface area contributed by atoms with Crippen LogP contribution in [0.4, 0.5) is 0 Å². The van der Waals surface area contributed by atoms with E-state index in [1.165, 1.54) is 11.1 Å². The first-order valence-corrected chi connectivity index (χ1v) is 8.12. The van der Waals surface area contributed by atoms with E-state index in [4.69, 9.17) is 16.3 Å². The van der Waals surface area contributed by atoms with Crippen molar-refractivity contribution in [2.24, 2.45) is 0 Å². The summed E-state index contributed by atoms with van der Waals surface area (Å²) in [5.74, 6) is 0.448. The molecular formula is C19H22ClNO2. The van der Waals surface area contributed by atoms with Crippen LogP contribution in [0.1, 0.15) is 36.1 Å². The van der Waals surface area contributed by atoms with Crippen molar-refractivity contribution in [3.8, 4) is 5.75 Å². The molecule has 0 saturated heterocycles. The van der Waals surface area contributed by atoms with Crippen molar-refractivity contribution in [3.63, 3.8) is 0 Å². The smallest absolute Gasteiger partial charge is 0.258 e. The van der Waals surface area contributed by atoms with E-state index in [1.807, 2.05) is 0 Å². The molecule has 0 spiro atoms. The second kappa shape index (κ2) is 8.02. The minimum Gasteiger partial charge on any atom is -0.484 e. The number of aryl methyl sites for hydroxylation is 2. The fraction of sp³-hybridized carbons (Fsp3) is 0.316. The third kappa shape index (κ3) is 5.00. The Morgan fingerprint density at radius 2 is 2.00 bits per heavy atom. The van der Waals surface area contributed by atoms with E-state index in [0.29, 0.717) is 10.8 Å². The average molecular weight is 332 g/mol. The second-order valence-corrected chi connectivity index (χ2v) is 6.07. The van der Waals surface area contributed by atoms with E-state index in [1.54, 1.807) is 24.3 Å². The van der Waals surface area contributed by atoms with Crippen LogP contribution >= 0.6 is 11.6 Å². The number of hydrogen-bond donors (Lipinski definition) is 1. The van der Waals surface area contributed by atoms with Crippen molar-refractivity contribution >= 4 is 17.5 Å². The monoisotopic (exact) mass is 331 g/mol. The lowest BCUT2D eigenvalue weighted by Gasteiger charge is -2.20. The van der Waals surface area contributed by atoms with Gasteiger partial charge in [0.2, 0.25) is 0 Å². The van der Waals surface area contributed by atoms with Crippen LogP contribution in [0.15, 0.2) is 42.5 Å². The third-order valence-electron chi connectivity index (χ3n) is 3.71. The number of hydrogen-bond acceptors (Lipinski definition) is 2. The normalized spacial score (nSPS) is 11.8. The van der Waals surface area contributed by atoms with Crippen molar-refractivity contribution < 1.29 is 9.53 Å². The first-order valence-electron chi connectivity index (χ1n) is 7.74. The van der Waals surface area contributed by atoms with E-state index in [9.17, 15) is 4.79 Å². The minimum absolute atomic E-state index is 0.00828. The van der Waals surface area contributed by atoms with Gasteiger partial charge in [-0.25, -0.2) is 0 Å². The molecule has 1 amide bonds. The number of benzene rings is 2. The summed E-state index contributed by atoms with van der Waals surface area (Å²) in [5.41, 5.74) is 3.55. The molecule has 0 bridgehead atoms. The summed E-state index contributed by atoms with van der Waals surface area (Å²) in [7, 11) is 0. The van der Waals surface area contributed by atoms with Gasteiger partial charge < -0.3 is 10.1 Å². The van der Waals surface area contributed by atoms with E-state index in [-0.39, 0.29) is 18.6 Å². The molecule has 1 unspecified atom stereocenters. The molecule has 0 radical (unpaired) electrons. The Labute approximate surface area is 142 Å². The topological polar surface area (TPSA) is 38.3 Å². The van der Waals surface area contributed by atoms with Crippen molar-refractivity contribution in [1.82, 2.24) is 5.32 Å². The van der Waals surface area contributed by atoms with E-state index in [0.717, 1.165) is 12.0 Å². The van der Waals surface area contributed by atoms with Gasteiger partial charge in [0, 0.05) is 5.02 Å². The lowest BCUT2D eigenvalue weighted by molar-refractivity contribution is -0.123. The fourth-order valence-corrected chi connectivity index (χ4v) is 2.74. The molecular weight excluding hydrogens is 310 g/mol. The first-order chi connectivity index (χ1) is 11.0. The van der Waals surface area contributed by atoms with Gasteiger partial charge in [-0.1, -0.05) is 48.4 Å². The zero-order valence-corrected chi connectivity index (χ0v) is 14.5. The summed E-state index contributed by atoms with van der Waals surface area (Å²) in [6, 6.07) is 13.3. The number of carbonyl (C=O) groups is 1. The Bertz CT molecular complexity index is 685. The number of ether oxygens (including phenoxy) is 1. The van der Waals surface area contributed by atoms with Gasteiger partial charge in [-0.15, -0.1) is 0 Å². The molecule has 0 aliphatic rings. The molecule has 2 rings (SSSR count). The molecule has 0 aliphatic heterocycles. The van der Waals surface area contributed by atoms with Crippen molar-refractivity contribution in [2.45, 2.75) is 33.2 Å². The second-order valence-electron chi connectivity index (χ2n) is 5.63. The summed E-state index contributed by atoms with van der Waals surface area (Å²) in [6.07, 6.45) is 0.826. The average Bonchev–Trinajstić information content (AvgIpc) is 2.51. The van der Waals surface area contributed by atoms with Crippen LogP contribution in [-0.2, 0) is 4.79 Å². The molecule has 122 valence electrons. The number of amides is 1. The van der Waals surface area contributed by atoms with Crippen LogP contribution < -0.4 is 10.1 Å². The van der Waals surface area contributed by atoms with Crippen molar-refractivity contribution in [3.05, 3.63) is 64.2 Å². The molecule has 3 nitrogen and oxygen atoms in total. The van der Waals surface area contributed by atoms with Gasteiger partial charge in [0.1, 0.15) is 5.75 Å². The molecule has 23 heavy (non-hydrogen) atoms.